The van der Waals surface area contributed by atoms with Crippen molar-refractivity contribution in [3.05, 3.63) is 0 Å². The van der Waals surface area contributed by atoms with Crippen LogP contribution in [0.5, 0.6) is 0 Å². The van der Waals surface area contributed by atoms with Crippen LogP contribution in [-0.2, 0) is 9.47 Å². The van der Waals surface area contributed by atoms with E-state index in [1.165, 1.54) is 0 Å². The van der Waals surface area contributed by atoms with E-state index in [9.17, 15) is 4.79 Å². The van der Waals surface area contributed by atoms with Gasteiger partial charge in [-0.25, -0.2) is 4.79 Å². The minimum absolute atomic E-state index is 0.0104. The van der Waals surface area contributed by atoms with E-state index in [4.69, 9.17) is 15.2 Å². The van der Waals surface area contributed by atoms with E-state index in [0.717, 1.165) is 6.42 Å². The van der Waals surface area contributed by atoms with Crippen LogP contribution in [0.2, 0.25) is 0 Å². The lowest BCUT2D eigenvalue weighted by molar-refractivity contribution is -0.0103. The third kappa shape index (κ3) is 3.98. The zero-order valence-corrected chi connectivity index (χ0v) is 10.5. The van der Waals surface area contributed by atoms with Gasteiger partial charge in [0.15, 0.2) is 0 Å². The second-order valence-corrected chi connectivity index (χ2v) is 5.24. The minimum atomic E-state index is -0.471. The molecule has 0 aromatic heterocycles. The van der Waals surface area contributed by atoms with Crippen molar-refractivity contribution in [3.63, 3.8) is 0 Å². The summed E-state index contributed by atoms with van der Waals surface area (Å²) in [6.07, 6.45) is 0.483. The average molecular weight is 230 g/mol. The number of carbonyl (C=O) groups is 1. The highest BCUT2D eigenvalue weighted by Crippen LogP contribution is 2.16. The van der Waals surface area contributed by atoms with Gasteiger partial charge in [-0.3, -0.25) is 0 Å². The van der Waals surface area contributed by atoms with Crippen LogP contribution in [0, 0.1) is 0 Å². The molecule has 5 nitrogen and oxygen atoms in total. The molecule has 0 spiro atoms. The molecule has 0 unspecified atom stereocenters. The third-order valence-corrected chi connectivity index (χ3v) is 2.43. The fourth-order valence-electron chi connectivity index (χ4n) is 1.74. The van der Waals surface area contributed by atoms with Crippen molar-refractivity contribution < 1.29 is 14.3 Å². The first kappa shape index (κ1) is 13.3. The smallest absolute Gasteiger partial charge is 0.410 e. The van der Waals surface area contributed by atoms with Crippen molar-refractivity contribution in [2.45, 2.75) is 44.9 Å². The van der Waals surface area contributed by atoms with Crippen molar-refractivity contribution in [2.24, 2.45) is 5.73 Å². The number of piperidine rings is 1. The van der Waals surface area contributed by atoms with Crippen molar-refractivity contribution in [1.82, 2.24) is 4.90 Å². The molecule has 0 radical (unpaired) electrons. The van der Waals surface area contributed by atoms with Gasteiger partial charge in [-0.2, -0.15) is 0 Å². The number of nitrogens with two attached hydrogens (primary N) is 1. The molecule has 0 aliphatic carbocycles. The summed E-state index contributed by atoms with van der Waals surface area (Å²) >= 11 is 0. The molecule has 94 valence electrons. The van der Waals surface area contributed by atoms with Gasteiger partial charge >= 0.3 is 6.09 Å². The zero-order valence-electron chi connectivity index (χ0n) is 10.5. The lowest BCUT2D eigenvalue weighted by atomic mass is 10.0. The van der Waals surface area contributed by atoms with Gasteiger partial charge in [0.2, 0.25) is 0 Å². The summed E-state index contributed by atoms with van der Waals surface area (Å²) in [6.45, 7) is 6.64. The van der Waals surface area contributed by atoms with Crippen LogP contribution in [0.3, 0.4) is 0 Å². The van der Waals surface area contributed by atoms with Gasteiger partial charge in [0.05, 0.1) is 12.6 Å². The molecular formula is C11H22N2O3. The molecule has 1 aliphatic rings. The highest BCUT2D eigenvalue weighted by atomic mass is 16.6. The Morgan fingerprint density at radius 3 is 2.50 bits per heavy atom. The molecule has 16 heavy (non-hydrogen) atoms. The fraction of sp³-hybridized carbons (Fsp3) is 0.909. The average Bonchev–Trinajstić information content (AvgIpc) is 2.14. The van der Waals surface area contributed by atoms with Crippen molar-refractivity contribution in [1.29, 1.82) is 0 Å². The number of ether oxygens (including phenoxy) is 2. The van der Waals surface area contributed by atoms with Crippen molar-refractivity contribution in [2.75, 3.05) is 20.2 Å². The zero-order chi connectivity index (χ0) is 12.3. The van der Waals surface area contributed by atoms with Gasteiger partial charge in [0, 0.05) is 19.7 Å². The Balaban J connectivity index is 2.55. The Morgan fingerprint density at radius 1 is 1.38 bits per heavy atom. The molecule has 0 aromatic carbocycles. The van der Waals surface area contributed by atoms with Gasteiger partial charge in [0.1, 0.15) is 5.60 Å². The molecule has 0 saturated carbocycles. The van der Waals surface area contributed by atoms with Crippen molar-refractivity contribution >= 4 is 6.09 Å². The number of hydrogen-bond acceptors (Lipinski definition) is 4. The number of amides is 1. The predicted molar refractivity (Wildman–Crippen MR) is 61.2 cm³/mol. The second-order valence-electron chi connectivity index (χ2n) is 5.24. The summed E-state index contributed by atoms with van der Waals surface area (Å²) in [5.41, 5.74) is 5.39. The predicted octanol–water partition coefficient (Wildman–Crippen LogP) is 0.969. The van der Waals surface area contributed by atoms with Crippen LogP contribution >= 0.6 is 0 Å². The monoisotopic (exact) mass is 230 g/mol. The molecule has 2 atom stereocenters. The second kappa shape index (κ2) is 5.01. The van der Waals surface area contributed by atoms with Gasteiger partial charge in [0.25, 0.3) is 0 Å². The molecule has 2 N–H and O–H groups in total. The number of hydrogen-bond donors (Lipinski definition) is 1. The van der Waals surface area contributed by atoms with Crippen LogP contribution in [0.4, 0.5) is 4.79 Å². The quantitative estimate of drug-likeness (QED) is 0.729. The van der Waals surface area contributed by atoms with Crippen LogP contribution in [-0.4, -0.2) is 48.9 Å². The SMILES string of the molecule is CO[C@@H]1C[C@@H](N)CN(C(=O)OC(C)(C)C)C1. The molecule has 1 amide bonds. The highest BCUT2D eigenvalue weighted by Gasteiger charge is 2.30. The molecular weight excluding hydrogens is 208 g/mol. The lowest BCUT2D eigenvalue weighted by Gasteiger charge is -2.36. The molecule has 1 rings (SSSR count). The maximum atomic E-state index is 11.8. The highest BCUT2D eigenvalue weighted by molar-refractivity contribution is 5.68. The standard InChI is InChI=1S/C11H22N2O3/c1-11(2,3)16-10(14)13-6-8(12)5-9(7-13)15-4/h8-9H,5-7,12H2,1-4H3/t8-,9-/m1/s1. The first-order valence-electron chi connectivity index (χ1n) is 5.58. The first-order chi connectivity index (χ1) is 7.31. The van der Waals surface area contributed by atoms with E-state index >= 15 is 0 Å². The molecule has 1 heterocycles. The molecule has 0 aromatic rings. The van der Waals surface area contributed by atoms with Gasteiger partial charge < -0.3 is 20.1 Å². The Morgan fingerprint density at radius 2 is 2.00 bits per heavy atom. The Labute approximate surface area is 96.9 Å². The van der Waals surface area contributed by atoms with E-state index in [0.29, 0.717) is 13.1 Å². The largest absolute Gasteiger partial charge is 0.444 e. The summed E-state index contributed by atoms with van der Waals surface area (Å²) in [7, 11) is 1.63. The topological polar surface area (TPSA) is 64.8 Å². The number of rotatable bonds is 1. The number of likely N-dealkylation sites (tertiary alicyclic amines) is 1. The molecule has 5 heteroatoms. The normalized spacial score (nSPS) is 26.7. The van der Waals surface area contributed by atoms with Crippen LogP contribution in [0.15, 0.2) is 0 Å². The Bertz CT molecular complexity index is 250. The van der Waals surface area contributed by atoms with Gasteiger partial charge in [-0.15, -0.1) is 0 Å². The number of carbonyl (C=O) groups excluding carboxylic acids is 1. The summed E-state index contributed by atoms with van der Waals surface area (Å²) in [6, 6.07) is -0.0359. The third-order valence-electron chi connectivity index (χ3n) is 2.43. The van der Waals surface area contributed by atoms with Crippen LogP contribution in [0.25, 0.3) is 0 Å². The molecule has 1 saturated heterocycles. The fourth-order valence-corrected chi connectivity index (χ4v) is 1.74. The van der Waals surface area contributed by atoms with Crippen molar-refractivity contribution in [3.8, 4) is 0 Å². The van der Waals surface area contributed by atoms with Crippen LogP contribution < -0.4 is 5.73 Å². The van der Waals surface area contributed by atoms with E-state index in [2.05, 4.69) is 0 Å². The van der Waals surface area contributed by atoms with Gasteiger partial charge in [-0.1, -0.05) is 0 Å². The van der Waals surface area contributed by atoms with Crippen LogP contribution in [0.1, 0.15) is 27.2 Å². The van der Waals surface area contributed by atoms with E-state index in [-0.39, 0.29) is 18.2 Å². The maximum Gasteiger partial charge on any atom is 0.410 e. The summed E-state index contributed by atoms with van der Waals surface area (Å²) < 4.78 is 10.5. The molecule has 0 bridgehead atoms. The summed E-state index contributed by atoms with van der Waals surface area (Å²) in [5.74, 6) is 0. The molecule has 1 aliphatic heterocycles. The molecule has 1 fully saturated rings. The minimum Gasteiger partial charge on any atom is -0.444 e. The summed E-state index contributed by atoms with van der Waals surface area (Å²) in [5, 5.41) is 0. The number of nitrogens with zero attached hydrogens (tertiary/aromatic N) is 1. The maximum absolute atomic E-state index is 11.8. The van der Waals surface area contributed by atoms with E-state index in [1.54, 1.807) is 12.0 Å². The summed E-state index contributed by atoms with van der Waals surface area (Å²) in [4.78, 5) is 13.4. The number of methoxy groups -OCH3 is 1. The Kier molecular flexibility index (Phi) is 4.15. The van der Waals surface area contributed by atoms with E-state index < -0.39 is 5.60 Å². The van der Waals surface area contributed by atoms with E-state index in [1.807, 2.05) is 20.8 Å². The van der Waals surface area contributed by atoms with Gasteiger partial charge in [-0.05, 0) is 27.2 Å². The first-order valence-corrected chi connectivity index (χ1v) is 5.58. The Hall–Kier alpha value is -0.810. The lowest BCUT2D eigenvalue weighted by Crippen LogP contribution is -2.53.